The van der Waals surface area contributed by atoms with Crippen molar-refractivity contribution in [3.63, 3.8) is 0 Å². The summed E-state index contributed by atoms with van der Waals surface area (Å²) in [4.78, 5) is 6.88. The van der Waals surface area contributed by atoms with E-state index in [4.69, 9.17) is 0 Å². The van der Waals surface area contributed by atoms with Crippen LogP contribution in [0.15, 0.2) is 95.4 Å². The number of thioether (sulfide) groups is 1. The fraction of sp³-hybridized carbons (Fsp3) is 0.219. The van der Waals surface area contributed by atoms with Crippen LogP contribution in [0.3, 0.4) is 0 Å². The normalized spacial score (nSPS) is 15.3. The molecule has 0 radical (unpaired) electrons. The van der Waals surface area contributed by atoms with Crippen LogP contribution in [-0.4, -0.2) is 39.6 Å². The molecule has 4 aromatic carbocycles. The number of alkyl halides is 3. The fourth-order valence-electron chi connectivity index (χ4n) is 5.19. The van der Waals surface area contributed by atoms with E-state index in [-0.39, 0.29) is 5.75 Å². The van der Waals surface area contributed by atoms with Gasteiger partial charge in [0.05, 0.1) is 17.2 Å². The molecule has 1 aromatic heterocycles. The topological polar surface area (TPSA) is 55.0 Å². The Balaban J connectivity index is 1.24. The van der Waals surface area contributed by atoms with Gasteiger partial charge < -0.3 is 9.64 Å². The van der Waals surface area contributed by atoms with Crippen LogP contribution >= 0.6 is 11.8 Å². The van der Waals surface area contributed by atoms with Gasteiger partial charge in [-0.15, -0.1) is 18.3 Å². The summed E-state index contributed by atoms with van der Waals surface area (Å²) in [7, 11) is 0. The zero-order valence-corrected chi connectivity index (χ0v) is 23.7. The Bertz CT molecular complexity index is 1780. The Kier molecular flexibility index (Phi) is 7.88. The van der Waals surface area contributed by atoms with Gasteiger partial charge in [-0.25, -0.2) is 4.98 Å². The summed E-state index contributed by atoms with van der Waals surface area (Å²) in [5.41, 5.74) is 5.78. The molecule has 0 atom stereocenters. The number of hydrogen-bond acceptors (Lipinski definition) is 5. The van der Waals surface area contributed by atoms with Gasteiger partial charge in [-0.05, 0) is 71.8 Å². The molecule has 5 aromatic rings. The average molecular weight is 588 g/mol. The maximum Gasteiger partial charge on any atom is 0.573 e. The Morgan fingerprint density at radius 1 is 1.02 bits per heavy atom. The number of para-hydroxylation sites is 1. The van der Waals surface area contributed by atoms with Crippen LogP contribution in [0.1, 0.15) is 30.9 Å². The standard InChI is InChI=1S/C32H28F3N5OS/c1-2-6-23-7-3-4-8-28(23)39-17-5-18-42-31(39)38-37-20-22-9-15-27-24(19-22)10-16-29-30(27)36-21-40(29)25-11-13-26(14-12-25)41-32(33,34)35/h3-4,7-16,19-21H,2,5-6,17-18H2,1H3/b37-20+,38-31-. The van der Waals surface area contributed by atoms with Gasteiger partial charge in [-0.1, -0.05) is 61.5 Å². The summed E-state index contributed by atoms with van der Waals surface area (Å²) in [5.74, 6) is 0.752. The van der Waals surface area contributed by atoms with Crippen molar-refractivity contribution < 1.29 is 17.9 Å². The second-order valence-corrected chi connectivity index (χ2v) is 11.0. The van der Waals surface area contributed by atoms with Crippen LogP contribution in [-0.2, 0) is 6.42 Å². The highest BCUT2D eigenvalue weighted by Crippen LogP contribution is 2.30. The molecule has 0 N–H and O–H groups in total. The average Bonchev–Trinajstić information content (AvgIpc) is 3.42. The van der Waals surface area contributed by atoms with Gasteiger partial charge in [-0.2, -0.15) is 5.10 Å². The third-order valence-corrected chi connectivity index (χ3v) is 8.10. The molecule has 6 nitrogen and oxygen atoms in total. The molecular formula is C32H28F3N5OS. The Morgan fingerprint density at radius 2 is 1.86 bits per heavy atom. The number of amidine groups is 1. The molecular weight excluding hydrogens is 559 g/mol. The van der Waals surface area contributed by atoms with E-state index in [0.717, 1.165) is 64.1 Å². The van der Waals surface area contributed by atoms with Crippen molar-refractivity contribution in [1.29, 1.82) is 0 Å². The number of imidazole rings is 1. The molecule has 0 amide bonds. The predicted octanol–water partition coefficient (Wildman–Crippen LogP) is 8.36. The number of halogens is 3. The summed E-state index contributed by atoms with van der Waals surface area (Å²) in [6, 6.07) is 24.2. The van der Waals surface area contributed by atoms with Gasteiger partial charge >= 0.3 is 6.36 Å². The van der Waals surface area contributed by atoms with Gasteiger partial charge in [0.25, 0.3) is 0 Å². The SMILES string of the molecule is CCCc1ccccc1N1CCCS/C1=N\N=C\c1ccc2c(ccc3c2ncn3-c2ccc(OC(F)(F)F)cc2)c1. The van der Waals surface area contributed by atoms with Gasteiger partial charge in [0, 0.05) is 29.1 Å². The van der Waals surface area contributed by atoms with E-state index < -0.39 is 6.36 Å². The summed E-state index contributed by atoms with van der Waals surface area (Å²) in [6.45, 7) is 3.12. The van der Waals surface area contributed by atoms with Gasteiger partial charge in [0.2, 0.25) is 0 Å². The number of hydrogen-bond donors (Lipinski definition) is 0. The van der Waals surface area contributed by atoms with Crippen molar-refractivity contribution in [2.45, 2.75) is 32.5 Å². The third kappa shape index (κ3) is 5.99. The molecule has 0 bridgehead atoms. The highest BCUT2D eigenvalue weighted by Gasteiger charge is 2.31. The van der Waals surface area contributed by atoms with Crippen molar-refractivity contribution in [2.75, 3.05) is 17.2 Å². The zero-order chi connectivity index (χ0) is 29.1. The summed E-state index contributed by atoms with van der Waals surface area (Å²) < 4.78 is 43.4. The molecule has 1 fully saturated rings. The number of anilines is 1. The molecule has 2 heterocycles. The highest BCUT2D eigenvalue weighted by atomic mass is 32.2. The molecule has 0 saturated carbocycles. The first-order valence-electron chi connectivity index (χ1n) is 13.7. The molecule has 214 valence electrons. The second-order valence-electron chi connectivity index (χ2n) is 9.93. The van der Waals surface area contributed by atoms with Crippen molar-refractivity contribution in [3.05, 3.63) is 96.3 Å². The lowest BCUT2D eigenvalue weighted by molar-refractivity contribution is -0.274. The van der Waals surface area contributed by atoms with Crippen LogP contribution < -0.4 is 9.64 Å². The zero-order valence-electron chi connectivity index (χ0n) is 22.9. The van der Waals surface area contributed by atoms with Gasteiger partial charge in [0.15, 0.2) is 5.17 Å². The lowest BCUT2D eigenvalue weighted by atomic mass is 10.1. The Hall–Kier alpha value is -4.31. The lowest BCUT2D eigenvalue weighted by Gasteiger charge is -2.30. The number of rotatable bonds is 7. The number of fused-ring (bicyclic) bond motifs is 3. The second kappa shape index (κ2) is 11.9. The van der Waals surface area contributed by atoms with Crippen molar-refractivity contribution in [1.82, 2.24) is 9.55 Å². The van der Waals surface area contributed by atoms with Crippen molar-refractivity contribution in [2.24, 2.45) is 10.2 Å². The van der Waals surface area contributed by atoms with Crippen LogP contribution in [0.2, 0.25) is 0 Å². The van der Waals surface area contributed by atoms with Gasteiger partial charge in [-0.3, -0.25) is 4.57 Å². The molecule has 0 aliphatic carbocycles. The maximum atomic E-state index is 12.5. The largest absolute Gasteiger partial charge is 0.573 e. The van der Waals surface area contributed by atoms with E-state index in [0.29, 0.717) is 5.69 Å². The maximum absolute atomic E-state index is 12.5. The quantitative estimate of drug-likeness (QED) is 0.142. The minimum Gasteiger partial charge on any atom is -0.406 e. The van der Waals surface area contributed by atoms with Crippen LogP contribution in [0, 0.1) is 0 Å². The van der Waals surface area contributed by atoms with E-state index >= 15 is 0 Å². The first kappa shape index (κ1) is 27.8. The van der Waals surface area contributed by atoms with E-state index in [1.54, 1.807) is 36.4 Å². The van der Waals surface area contributed by atoms with E-state index in [9.17, 15) is 13.2 Å². The monoisotopic (exact) mass is 587 g/mol. The highest BCUT2D eigenvalue weighted by molar-refractivity contribution is 8.14. The molecule has 42 heavy (non-hydrogen) atoms. The minimum absolute atomic E-state index is 0.267. The van der Waals surface area contributed by atoms with E-state index in [1.807, 2.05) is 34.9 Å². The van der Waals surface area contributed by atoms with E-state index in [1.165, 1.54) is 23.4 Å². The minimum atomic E-state index is -4.73. The predicted molar refractivity (Wildman–Crippen MR) is 165 cm³/mol. The van der Waals surface area contributed by atoms with E-state index in [2.05, 4.69) is 56.0 Å². The summed E-state index contributed by atoms with van der Waals surface area (Å²) >= 11 is 1.73. The number of benzene rings is 4. The molecule has 0 spiro atoms. The fourth-order valence-corrected chi connectivity index (χ4v) is 6.09. The molecule has 1 aliphatic rings. The number of ether oxygens (including phenoxy) is 1. The molecule has 1 saturated heterocycles. The number of aryl methyl sites for hydroxylation is 1. The van der Waals surface area contributed by atoms with Gasteiger partial charge in [0.1, 0.15) is 12.1 Å². The molecule has 0 unspecified atom stereocenters. The Labute approximate surface area is 245 Å². The summed E-state index contributed by atoms with van der Waals surface area (Å²) in [5, 5.41) is 12.0. The van der Waals surface area contributed by atoms with Crippen LogP contribution in [0.5, 0.6) is 5.75 Å². The molecule has 6 rings (SSSR count). The third-order valence-electron chi connectivity index (χ3n) is 7.04. The van der Waals surface area contributed by atoms with Crippen molar-refractivity contribution in [3.8, 4) is 11.4 Å². The molecule has 1 aliphatic heterocycles. The number of nitrogens with zero attached hydrogens (tertiary/aromatic N) is 5. The molecule has 10 heteroatoms. The Morgan fingerprint density at radius 3 is 2.67 bits per heavy atom. The first-order chi connectivity index (χ1) is 20.4. The smallest absolute Gasteiger partial charge is 0.406 e. The first-order valence-corrected chi connectivity index (χ1v) is 14.7. The number of aromatic nitrogens is 2. The lowest BCUT2D eigenvalue weighted by Crippen LogP contribution is -2.34. The van der Waals surface area contributed by atoms with Crippen LogP contribution in [0.4, 0.5) is 18.9 Å². The van der Waals surface area contributed by atoms with Crippen LogP contribution in [0.25, 0.3) is 27.5 Å². The summed E-state index contributed by atoms with van der Waals surface area (Å²) in [6.07, 6.45) is 1.92. The van der Waals surface area contributed by atoms with Crippen molar-refractivity contribution >= 4 is 50.6 Å².